The number of hydrogen-bond acceptors (Lipinski definition) is 5. The van der Waals surface area contributed by atoms with E-state index in [9.17, 15) is 4.79 Å². The molecule has 0 saturated heterocycles. The lowest BCUT2D eigenvalue weighted by molar-refractivity contribution is -0.118. The van der Waals surface area contributed by atoms with E-state index in [1.165, 1.54) is 17.5 Å². The Bertz CT molecular complexity index is 588. The molecule has 7 heteroatoms. The van der Waals surface area contributed by atoms with Gasteiger partial charge in [0.1, 0.15) is 15.1 Å². The van der Waals surface area contributed by atoms with E-state index in [2.05, 4.69) is 10.3 Å². The van der Waals surface area contributed by atoms with Crippen LogP contribution in [0, 0.1) is 0 Å². The van der Waals surface area contributed by atoms with Crippen LogP contribution < -0.4 is 15.8 Å². The fourth-order valence-corrected chi connectivity index (χ4v) is 2.56. The number of halogens is 1. The molecule has 1 atom stereocenters. The van der Waals surface area contributed by atoms with Gasteiger partial charge in [-0.15, -0.1) is 11.3 Å². The second-order valence-electron chi connectivity index (χ2n) is 3.68. The van der Waals surface area contributed by atoms with Crippen LogP contribution in [0.1, 0.15) is 11.0 Å². The molecule has 0 aliphatic heterocycles. The van der Waals surface area contributed by atoms with Crippen LogP contribution >= 0.6 is 22.9 Å². The average Bonchev–Trinajstić information content (AvgIpc) is 2.82. The van der Waals surface area contributed by atoms with Crippen molar-refractivity contribution in [2.24, 2.45) is 5.73 Å². The highest BCUT2D eigenvalue weighted by atomic mass is 35.5. The summed E-state index contributed by atoms with van der Waals surface area (Å²) in [6.45, 7) is 0. The lowest BCUT2D eigenvalue weighted by atomic mass is 10.2. The summed E-state index contributed by atoms with van der Waals surface area (Å²) in [5.41, 5.74) is 6.07. The lowest BCUT2D eigenvalue weighted by Crippen LogP contribution is -2.27. The minimum absolute atomic E-state index is 0.503. The van der Waals surface area contributed by atoms with Crippen LogP contribution in [-0.2, 0) is 4.79 Å². The molecule has 0 fully saturated rings. The molecule has 0 spiro atoms. The van der Waals surface area contributed by atoms with Crippen LogP contribution in [0.3, 0.4) is 0 Å². The van der Waals surface area contributed by atoms with Gasteiger partial charge in [-0.25, -0.2) is 4.98 Å². The third-order valence-corrected chi connectivity index (χ3v) is 3.61. The number of hydrogen-bond donors (Lipinski definition) is 2. The second-order valence-corrected chi connectivity index (χ2v) is 5.38. The Morgan fingerprint density at radius 1 is 1.53 bits per heavy atom. The van der Waals surface area contributed by atoms with Crippen LogP contribution in [0.15, 0.2) is 30.5 Å². The van der Waals surface area contributed by atoms with E-state index < -0.39 is 11.9 Å². The molecule has 1 heterocycles. The molecule has 0 aliphatic carbocycles. The molecule has 1 aromatic carbocycles. The number of carbonyl (C=O) groups is 1. The number of methoxy groups -OCH3 is 1. The molecule has 0 bridgehead atoms. The van der Waals surface area contributed by atoms with Gasteiger partial charge in [0.25, 0.3) is 0 Å². The van der Waals surface area contributed by atoms with Crippen molar-refractivity contribution < 1.29 is 9.53 Å². The number of ether oxygens (including phenoxy) is 1. The van der Waals surface area contributed by atoms with Gasteiger partial charge >= 0.3 is 0 Å². The van der Waals surface area contributed by atoms with Gasteiger partial charge in [-0.2, -0.15) is 0 Å². The van der Waals surface area contributed by atoms with Crippen molar-refractivity contribution >= 4 is 34.5 Å². The largest absolute Gasteiger partial charge is 0.495 e. The van der Waals surface area contributed by atoms with E-state index in [0.717, 1.165) is 0 Å². The Morgan fingerprint density at radius 2 is 2.26 bits per heavy atom. The van der Waals surface area contributed by atoms with E-state index in [0.29, 0.717) is 20.8 Å². The smallest absolute Gasteiger partial charge is 0.247 e. The number of thiazole rings is 1. The summed E-state index contributed by atoms with van der Waals surface area (Å²) in [4.78, 5) is 15.6. The van der Waals surface area contributed by atoms with Gasteiger partial charge in [0.05, 0.1) is 19.0 Å². The summed E-state index contributed by atoms with van der Waals surface area (Å²) in [6.07, 6.45) is 1.49. The lowest BCUT2D eigenvalue weighted by Gasteiger charge is -2.16. The summed E-state index contributed by atoms with van der Waals surface area (Å²) in [5.74, 6) is 0.0910. The van der Waals surface area contributed by atoms with Gasteiger partial charge in [0, 0.05) is 0 Å². The molecule has 1 amide bonds. The highest BCUT2D eigenvalue weighted by Crippen LogP contribution is 2.30. The SMILES string of the molecule is COc1ccccc1NC(C(N)=O)c1ncc(Cl)s1. The van der Waals surface area contributed by atoms with Crippen molar-refractivity contribution in [3.8, 4) is 5.75 Å². The summed E-state index contributed by atoms with van der Waals surface area (Å²) in [5, 5.41) is 3.53. The maximum atomic E-state index is 11.6. The standard InChI is InChI=1S/C12H12ClN3O2S/c1-18-8-5-3-2-4-7(8)16-10(11(14)17)12-15-6-9(13)19-12/h2-6,10,16H,1H3,(H2,14,17). The first kappa shape index (κ1) is 13.6. The number of carbonyl (C=O) groups excluding carboxylic acids is 1. The van der Waals surface area contributed by atoms with E-state index in [-0.39, 0.29) is 0 Å². The minimum Gasteiger partial charge on any atom is -0.495 e. The zero-order chi connectivity index (χ0) is 13.8. The first-order valence-electron chi connectivity index (χ1n) is 5.42. The van der Waals surface area contributed by atoms with E-state index in [1.54, 1.807) is 19.2 Å². The molecule has 19 heavy (non-hydrogen) atoms. The maximum Gasteiger partial charge on any atom is 0.247 e. The van der Waals surface area contributed by atoms with Crippen molar-refractivity contribution in [3.63, 3.8) is 0 Å². The molecule has 3 N–H and O–H groups in total. The molecule has 100 valence electrons. The zero-order valence-corrected chi connectivity index (χ0v) is 11.7. The van der Waals surface area contributed by atoms with Gasteiger partial charge < -0.3 is 15.8 Å². The monoisotopic (exact) mass is 297 g/mol. The van der Waals surface area contributed by atoms with E-state index in [4.69, 9.17) is 22.1 Å². The molecule has 0 aliphatic rings. The number of anilines is 1. The van der Waals surface area contributed by atoms with Gasteiger partial charge in [-0.05, 0) is 12.1 Å². The Hall–Kier alpha value is -1.79. The number of aromatic nitrogens is 1. The molecule has 0 radical (unpaired) electrons. The molecule has 0 saturated carbocycles. The molecule has 2 aromatic rings. The number of nitrogens with zero attached hydrogens (tertiary/aromatic N) is 1. The number of nitrogens with one attached hydrogen (secondary N) is 1. The highest BCUT2D eigenvalue weighted by molar-refractivity contribution is 7.16. The van der Waals surface area contributed by atoms with Gasteiger partial charge in [-0.3, -0.25) is 4.79 Å². The Kier molecular flexibility index (Phi) is 4.24. The Balaban J connectivity index is 2.29. The van der Waals surface area contributed by atoms with Gasteiger partial charge in [0.2, 0.25) is 5.91 Å². The van der Waals surface area contributed by atoms with E-state index in [1.807, 2.05) is 12.1 Å². The van der Waals surface area contributed by atoms with Crippen molar-refractivity contribution in [1.82, 2.24) is 4.98 Å². The molecule has 5 nitrogen and oxygen atoms in total. The first-order chi connectivity index (χ1) is 9.11. The zero-order valence-electron chi connectivity index (χ0n) is 10.1. The topological polar surface area (TPSA) is 77.2 Å². The van der Waals surface area contributed by atoms with Gasteiger partial charge in [0.15, 0.2) is 6.04 Å². The number of nitrogens with two attached hydrogens (primary N) is 1. The predicted molar refractivity (Wildman–Crippen MR) is 75.7 cm³/mol. The first-order valence-corrected chi connectivity index (χ1v) is 6.61. The summed E-state index contributed by atoms with van der Waals surface area (Å²) >= 11 is 7.03. The third-order valence-electron chi connectivity index (χ3n) is 2.43. The van der Waals surface area contributed by atoms with Crippen LogP contribution in [-0.4, -0.2) is 18.0 Å². The highest BCUT2D eigenvalue weighted by Gasteiger charge is 2.22. The van der Waals surface area contributed by atoms with Crippen LogP contribution in [0.4, 0.5) is 5.69 Å². The normalized spacial score (nSPS) is 11.9. The number of primary amides is 1. The number of para-hydroxylation sites is 2. The minimum atomic E-state index is -0.742. The van der Waals surface area contributed by atoms with Gasteiger partial charge in [-0.1, -0.05) is 23.7 Å². The average molecular weight is 298 g/mol. The quantitative estimate of drug-likeness (QED) is 0.888. The second kappa shape index (κ2) is 5.90. The molecular weight excluding hydrogens is 286 g/mol. The van der Waals surface area contributed by atoms with Crippen molar-refractivity contribution in [2.75, 3.05) is 12.4 Å². The Morgan fingerprint density at radius 3 is 2.84 bits per heavy atom. The predicted octanol–water partition coefficient (Wildman–Crippen LogP) is 2.44. The van der Waals surface area contributed by atoms with Crippen LogP contribution in [0.25, 0.3) is 0 Å². The summed E-state index contributed by atoms with van der Waals surface area (Å²) in [7, 11) is 1.56. The van der Waals surface area contributed by atoms with E-state index >= 15 is 0 Å². The molecule has 2 rings (SSSR count). The maximum absolute atomic E-state index is 11.6. The van der Waals surface area contributed by atoms with Crippen LogP contribution in [0.5, 0.6) is 5.75 Å². The summed E-state index contributed by atoms with van der Waals surface area (Å²) in [6, 6.07) is 6.51. The molecule has 1 aromatic heterocycles. The third kappa shape index (κ3) is 3.15. The number of amides is 1. The fourth-order valence-electron chi connectivity index (χ4n) is 1.57. The number of benzene rings is 1. The Labute approximate surface area is 119 Å². The molecular formula is C12H12ClN3O2S. The summed E-state index contributed by atoms with van der Waals surface area (Å²) < 4.78 is 5.71. The van der Waals surface area contributed by atoms with Crippen molar-refractivity contribution in [1.29, 1.82) is 0 Å². The van der Waals surface area contributed by atoms with Crippen molar-refractivity contribution in [3.05, 3.63) is 39.8 Å². The number of rotatable bonds is 5. The van der Waals surface area contributed by atoms with Crippen LogP contribution in [0.2, 0.25) is 4.34 Å². The molecule has 1 unspecified atom stereocenters. The van der Waals surface area contributed by atoms with Crippen molar-refractivity contribution in [2.45, 2.75) is 6.04 Å². The fraction of sp³-hybridized carbons (Fsp3) is 0.167.